The van der Waals surface area contributed by atoms with Crippen LogP contribution in [0, 0.1) is 17.4 Å². The zero-order valence-corrected chi connectivity index (χ0v) is 13.4. The van der Waals surface area contributed by atoms with Gasteiger partial charge in [-0.3, -0.25) is 4.79 Å². The predicted molar refractivity (Wildman–Crippen MR) is 81.3 cm³/mol. The molecular formula is C13H12ClIN2O2. The van der Waals surface area contributed by atoms with E-state index >= 15 is 0 Å². The Labute approximate surface area is 129 Å². The molecule has 0 aliphatic rings. The molecule has 1 amide bonds. The van der Waals surface area contributed by atoms with Gasteiger partial charge in [0.2, 0.25) is 0 Å². The van der Waals surface area contributed by atoms with E-state index in [4.69, 9.17) is 16.1 Å². The van der Waals surface area contributed by atoms with Crippen LogP contribution in [0.3, 0.4) is 0 Å². The highest BCUT2D eigenvalue weighted by molar-refractivity contribution is 14.1. The quantitative estimate of drug-likeness (QED) is 0.817. The predicted octanol–water partition coefficient (Wildman–Crippen LogP) is 3.48. The van der Waals surface area contributed by atoms with Gasteiger partial charge >= 0.3 is 0 Å². The van der Waals surface area contributed by atoms with Gasteiger partial charge < -0.3 is 9.84 Å². The summed E-state index contributed by atoms with van der Waals surface area (Å²) in [6.45, 7) is 4.08. The molecule has 2 aromatic rings. The largest absolute Gasteiger partial charge is 0.361 e. The monoisotopic (exact) mass is 390 g/mol. The Hall–Kier alpha value is -1.08. The molecule has 1 N–H and O–H groups in total. The van der Waals surface area contributed by atoms with Crippen LogP contribution in [-0.2, 0) is 6.54 Å². The number of hydrogen-bond donors (Lipinski definition) is 1. The number of hydrogen-bond acceptors (Lipinski definition) is 3. The van der Waals surface area contributed by atoms with E-state index in [1.54, 1.807) is 18.2 Å². The van der Waals surface area contributed by atoms with Crippen molar-refractivity contribution in [1.82, 2.24) is 10.5 Å². The minimum atomic E-state index is -0.138. The third-order valence-electron chi connectivity index (χ3n) is 2.78. The lowest BCUT2D eigenvalue weighted by Gasteiger charge is -2.07. The summed E-state index contributed by atoms with van der Waals surface area (Å²) in [7, 11) is 0. The van der Waals surface area contributed by atoms with E-state index in [2.05, 4.69) is 33.1 Å². The Bertz CT molecular complexity index is 606. The molecule has 0 aliphatic carbocycles. The van der Waals surface area contributed by atoms with Crippen molar-refractivity contribution in [1.29, 1.82) is 0 Å². The molecule has 0 aliphatic heterocycles. The first-order valence-electron chi connectivity index (χ1n) is 5.64. The summed E-state index contributed by atoms with van der Waals surface area (Å²) in [5.41, 5.74) is 2.32. The highest BCUT2D eigenvalue weighted by Gasteiger charge is 2.13. The van der Waals surface area contributed by atoms with E-state index in [-0.39, 0.29) is 5.91 Å². The van der Waals surface area contributed by atoms with Crippen molar-refractivity contribution in [2.24, 2.45) is 0 Å². The van der Waals surface area contributed by atoms with E-state index in [0.29, 0.717) is 17.1 Å². The summed E-state index contributed by atoms with van der Waals surface area (Å²) in [6, 6.07) is 5.17. The standard InChI is InChI=1S/C13H12ClIN2O2/c1-7-11(8(2)19-17-7)6-16-13(18)10-4-3-9(14)5-12(10)15/h3-5H,6H2,1-2H3,(H,16,18). The maximum Gasteiger partial charge on any atom is 0.252 e. The zero-order valence-electron chi connectivity index (χ0n) is 10.5. The third kappa shape index (κ3) is 3.27. The average molecular weight is 391 g/mol. The second-order valence-electron chi connectivity index (χ2n) is 4.11. The molecule has 100 valence electrons. The number of aromatic nitrogens is 1. The second-order valence-corrected chi connectivity index (χ2v) is 5.71. The lowest BCUT2D eigenvalue weighted by molar-refractivity contribution is 0.0950. The smallest absolute Gasteiger partial charge is 0.252 e. The Balaban J connectivity index is 2.10. The van der Waals surface area contributed by atoms with E-state index in [1.807, 2.05) is 13.8 Å². The number of carbonyl (C=O) groups excluding carboxylic acids is 1. The molecule has 0 saturated carbocycles. The molecule has 0 atom stereocenters. The minimum absolute atomic E-state index is 0.138. The summed E-state index contributed by atoms with van der Waals surface area (Å²) in [4.78, 5) is 12.1. The Morgan fingerprint density at radius 1 is 1.47 bits per heavy atom. The highest BCUT2D eigenvalue weighted by Crippen LogP contribution is 2.18. The number of nitrogens with one attached hydrogen (secondary N) is 1. The molecule has 6 heteroatoms. The number of nitrogens with zero attached hydrogens (tertiary/aromatic N) is 1. The van der Waals surface area contributed by atoms with Gasteiger partial charge in [0.1, 0.15) is 5.76 Å². The van der Waals surface area contributed by atoms with Crippen LogP contribution in [0.1, 0.15) is 27.4 Å². The molecule has 0 unspecified atom stereocenters. The lowest BCUT2D eigenvalue weighted by atomic mass is 10.2. The van der Waals surface area contributed by atoms with Crippen LogP contribution in [0.15, 0.2) is 22.7 Å². The molecule has 0 radical (unpaired) electrons. The maximum absolute atomic E-state index is 12.1. The molecule has 0 bridgehead atoms. The topological polar surface area (TPSA) is 55.1 Å². The van der Waals surface area contributed by atoms with Crippen molar-refractivity contribution in [2.75, 3.05) is 0 Å². The number of halogens is 2. The fourth-order valence-corrected chi connectivity index (χ4v) is 2.81. The fraction of sp³-hybridized carbons (Fsp3) is 0.231. The third-order valence-corrected chi connectivity index (χ3v) is 3.91. The van der Waals surface area contributed by atoms with Gasteiger partial charge in [-0.25, -0.2) is 0 Å². The van der Waals surface area contributed by atoms with Gasteiger partial charge in [0.15, 0.2) is 0 Å². The maximum atomic E-state index is 12.1. The number of rotatable bonds is 3. The lowest BCUT2D eigenvalue weighted by Crippen LogP contribution is -2.24. The molecule has 1 aromatic carbocycles. The van der Waals surface area contributed by atoms with Gasteiger partial charge in [-0.2, -0.15) is 0 Å². The van der Waals surface area contributed by atoms with E-state index in [1.165, 1.54) is 0 Å². The first-order valence-corrected chi connectivity index (χ1v) is 7.09. The molecular weight excluding hydrogens is 379 g/mol. The van der Waals surface area contributed by atoms with Gasteiger partial charge in [0.05, 0.1) is 11.3 Å². The summed E-state index contributed by atoms with van der Waals surface area (Å²) < 4.78 is 5.87. The molecule has 0 spiro atoms. The van der Waals surface area contributed by atoms with Crippen LogP contribution >= 0.6 is 34.2 Å². The molecule has 1 heterocycles. The van der Waals surface area contributed by atoms with Gasteiger partial charge in [0.25, 0.3) is 5.91 Å². The van der Waals surface area contributed by atoms with Crippen LogP contribution in [0.4, 0.5) is 0 Å². The molecule has 4 nitrogen and oxygen atoms in total. The summed E-state index contributed by atoms with van der Waals surface area (Å²) in [5.74, 6) is 0.588. The van der Waals surface area contributed by atoms with Gasteiger partial charge in [-0.05, 0) is 54.6 Å². The number of amides is 1. The van der Waals surface area contributed by atoms with Crippen LogP contribution < -0.4 is 5.32 Å². The van der Waals surface area contributed by atoms with Gasteiger partial charge in [0, 0.05) is 20.7 Å². The second kappa shape index (κ2) is 5.92. The number of carbonyl (C=O) groups is 1. The van der Waals surface area contributed by atoms with E-state index in [9.17, 15) is 4.79 Å². The number of aryl methyl sites for hydroxylation is 2. The normalized spacial score (nSPS) is 10.5. The zero-order chi connectivity index (χ0) is 14.0. The molecule has 1 aromatic heterocycles. The average Bonchev–Trinajstić information content (AvgIpc) is 2.66. The summed E-state index contributed by atoms with van der Waals surface area (Å²) in [6.07, 6.45) is 0. The fourth-order valence-electron chi connectivity index (χ4n) is 1.69. The minimum Gasteiger partial charge on any atom is -0.361 e. The Morgan fingerprint density at radius 2 is 2.21 bits per heavy atom. The first-order chi connectivity index (χ1) is 8.99. The van der Waals surface area contributed by atoms with E-state index in [0.717, 1.165) is 20.6 Å². The van der Waals surface area contributed by atoms with E-state index < -0.39 is 0 Å². The summed E-state index contributed by atoms with van der Waals surface area (Å²) in [5, 5.41) is 7.32. The highest BCUT2D eigenvalue weighted by atomic mass is 127. The SMILES string of the molecule is Cc1noc(C)c1CNC(=O)c1ccc(Cl)cc1I. The van der Waals surface area contributed by atoms with Crippen molar-refractivity contribution in [3.63, 3.8) is 0 Å². The van der Waals surface area contributed by atoms with Gasteiger partial charge in [-0.1, -0.05) is 16.8 Å². The van der Waals surface area contributed by atoms with Crippen molar-refractivity contribution < 1.29 is 9.32 Å². The number of benzene rings is 1. The van der Waals surface area contributed by atoms with Crippen LogP contribution in [0.25, 0.3) is 0 Å². The summed E-state index contributed by atoms with van der Waals surface area (Å²) >= 11 is 7.96. The Morgan fingerprint density at radius 3 is 2.79 bits per heavy atom. The van der Waals surface area contributed by atoms with Gasteiger partial charge in [-0.15, -0.1) is 0 Å². The van der Waals surface area contributed by atoms with Crippen LogP contribution in [0.5, 0.6) is 0 Å². The van der Waals surface area contributed by atoms with Crippen molar-refractivity contribution in [2.45, 2.75) is 20.4 Å². The molecule has 0 saturated heterocycles. The van der Waals surface area contributed by atoms with Crippen LogP contribution in [-0.4, -0.2) is 11.1 Å². The van der Waals surface area contributed by atoms with Crippen molar-refractivity contribution in [3.8, 4) is 0 Å². The molecule has 0 fully saturated rings. The Kier molecular flexibility index (Phi) is 4.46. The molecule has 19 heavy (non-hydrogen) atoms. The van der Waals surface area contributed by atoms with Crippen LogP contribution in [0.2, 0.25) is 5.02 Å². The van der Waals surface area contributed by atoms with Crippen molar-refractivity contribution >= 4 is 40.1 Å². The first kappa shape index (κ1) is 14.3. The van der Waals surface area contributed by atoms with Crippen molar-refractivity contribution in [3.05, 3.63) is 49.4 Å². The molecule has 2 rings (SSSR count).